The van der Waals surface area contributed by atoms with Crippen LogP contribution in [0.5, 0.6) is 5.88 Å². The second-order valence-corrected chi connectivity index (χ2v) is 8.49. The highest BCUT2D eigenvalue weighted by molar-refractivity contribution is 7.71. The Kier molecular flexibility index (Phi) is 5.06. The van der Waals surface area contributed by atoms with Gasteiger partial charge in [-0.3, -0.25) is 18.9 Å². The molecule has 0 aliphatic heterocycles. The van der Waals surface area contributed by atoms with E-state index < -0.39 is 0 Å². The number of nitrogens with zero attached hydrogens (tertiary/aromatic N) is 3. The molecule has 7 heteroatoms. The number of aromatic hydroxyl groups is 1. The second kappa shape index (κ2) is 6.44. The lowest BCUT2D eigenvalue weighted by Crippen LogP contribution is -2.40. The molecular formula is C17H27N3O3S. The van der Waals surface area contributed by atoms with Gasteiger partial charge in [-0.25, -0.2) is 0 Å². The third-order valence-electron chi connectivity index (χ3n) is 4.78. The summed E-state index contributed by atoms with van der Waals surface area (Å²) in [5.74, 6) is -0.180. The summed E-state index contributed by atoms with van der Waals surface area (Å²) in [6, 6.07) is 0. The summed E-state index contributed by atoms with van der Waals surface area (Å²) in [4.78, 5) is 16.7. The van der Waals surface area contributed by atoms with Crippen LogP contribution in [0.3, 0.4) is 0 Å². The molecule has 1 aliphatic carbocycles. The third-order valence-corrected chi connectivity index (χ3v) is 5.33. The van der Waals surface area contributed by atoms with Crippen LogP contribution in [-0.2, 0) is 14.1 Å². The minimum atomic E-state index is -0.367. The topological polar surface area (TPSA) is 79.8 Å². The molecule has 134 valence electrons. The van der Waals surface area contributed by atoms with Gasteiger partial charge >= 0.3 is 0 Å². The van der Waals surface area contributed by atoms with Gasteiger partial charge in [0.15, 0.2) is 4.77 Å². The molecule has 1 aromatic rings. The largest absolute Gasteiger partial charge is 0.494 e. The van der Waals surface area contributed by atoms with Gasteiger partial charge in [0.25, 0.3) is 5.56 Å². The van der Waals surface area contributed by atoms with Crippen molar-refractivity contribution in [2.75, 3.05) is 6.54 Å². The molecule has 0 bridgehead atoms. The Morgan fingerprint density at radius 2 is 1.92 bits per heavy atom. The molecule has 0 unspecified atom stereocenters. The van der Waals surface area contributed by atoms with Crippen LogP contribution in [0.1, 0.15) is 45.6 Å². The molecule has 1 saturated carbocycles. The molecule has 0 spiro atoms. The van der Waals surface area contributed by atoms with Crippen LogP contribution in [0.4, 0.5) is 0 Å². The Morgan fingerprint density at radius 3 is 2.50 bits per heavy atom. The van der Waals surface area contributed by atoms with Gasteiger partial charge in [-0.2, -0.15) is 0 Å². The van der Waals surface area contributed by atoms with Crippen molar-refractivity contribution >= 4 is 18.4 Å². The zero-order chi connectivity index (χ0) is 18.3. The highest BCUT2D eigenvalue weighted by atomic mass is 32.1. The average molecular weight is 353 g/mol. The molecule has 0 radical (unpaired) electrons. The Morgan fingerprint density at radius 1 is 1.29 bits per heavy atom. The molecule has 1 aliphatic rings. The molecule has 2 N–H and O–H groups in total. The number of hydrogen-bond acceptors (Lipinski definition) is 5. The molecule has 0 amide bonds. The molecule has 24 heavy (non-hydrogen) atoms. The predicted molar refractivity (Wildman–Crippen MR) is 97.4 cm³/mol. The standard InChI is InChI=1S/C17H27N3O3S/c1-16(2)6-11(21)7-17(3,9-16)10-18-8-12-13(22)19(4)15(24)20(5)14(12)23/h8,11,21-22H,6-7,9-10H2,1-5H3/t11-,17+/m1/s1. The normalized spacial score (nSPS) is 26.8. The quantitative estimate of drug-likeness (QED) is 0.645. The number of aliphatic hydroxyl groups excluding tert-OH is 1. The first-order chi connectivity index (χ1) is 11.0. The zero-order valence-corrected chi connectivity index (χ0v) is 15.9. The van der Waals surface area contributed by atoms with Gasteiger partial charge in [-0.1, -0.05) is 20.8 Å². The van der Waals surface area contributed by atoms with Crippen LogP contribution in [0.25, 0.3) is 0 Å². The van der Waals surface area contributed by atoms with E-state index in [2.05, 4.69) is 25.8 Å². The first kappa shape index (κ1) is 18.9. The second-order valence-electron chi connectivity index (χ2n) is 8.13. The molecule has 1 fully saturated rings. The lowest BCUT2D eigenvalue weighted by Gasteiger charge is -2.44. The van der Waals surface area contributed by atoms with E-state index in [-0.39, 0.29) is 38.7 Å². The monoisotopic (exact) mass is 353 g/mol. The predicted octanol–water partition coefficient (Wildman–Crippen LogP) is 2.16. The van der Waals surface area contributed by atoms with E-state index in [1.165, 1.54) is 15.3 Å². The van der Waals surface area contributed by atoms with Gasteiger partial charge in [0.05, 0.1) is 6.10 Å². The summed E-state index contributed by atoms with van der Waals surface area (Å²) in [5.41, 5.74) is -0.295. The van der Waals surface area contributed by atoms with Crippen molar-refractivity contribution in [1.29, 1.82) is 0 Å². The van der Waals surface area contributed by atoms with E-state index in [0.29, 0.717) is 13.0 Å². The molecule has 0 aromatic carbocycles. The summed E-state index contributed by atoms with van der Waals surface area (Å²) < 4.78 is 2.94. The molecule has 6 nitrogen and oxygen atoms in total. The number of hydrogen-bond donors (Lipinski definition) is 2. The van der Waals surface area contributed by atoms with Gasteiger partial charge in [0.2, 0.25) is 5.88 Å². The van der Waals surface area contributed by atoms with Gasteiger partial charge < -0.3 is 10.2 Å². The number of aliphatic hydroxyl groups is 1. The molecule has 1 aromatic heterocycles. The molecule has 0 saturated heterocycles. The smallest absolute Gasteiger partial charge is 0.266 e. The Labute approximate surface area is 147 Å². The molecule has 2 atom stereocenters. The van der Waals surface area contributed by atoms with Crippen molar-refractivity contribution in [3.05, 3.63) is 20.7 Å². The SMILES string of the molecule is Cn1c(O)c(C=NC[C@@]2(C)C[C@H](O)CC(C)(C)C2)c(=O)n(C)c1=S. The van der Waals surface area contributed by atoms with Crippen LogP contribution < -0.4 is 5.56 Å². The number of rotatable bonds is 3. The minimum absolute atomic E-state index is 0.0661. The van der Waals surface area contributed by atoms with Crippen molar-refractivity contribution < 1.29 is 10.2 Å². The minimum Gasteiger partial charge on any atom is -0.494 e. The van der Waals surface area contributed by atoms with Gasteiger partial charge in [0, 0.05) is 26.9 Å². The fourth-order valence-corrected chi connectivity index (χ4v) is 4.20. The van der Waals surface area contributed by atoms with Gasteiger partial charge in [-0.15, -0.1) is 0 Å². The maximum Gasteiger partial charge on any atom is 0.266 e. The average Bonchev–Trinajstić information content (AvgIpc) is 2.44. The van der Waals surface area contributed by atoms with E-state index in [9.17, 15) is 15.0 Å². The zero-order valence-electron chi connectivity index (χ0n) is 15.0. The summed E-state index contributed by atoms with van der Waals surface area (Å²) in [6.07, 6.45) is 3.54. The lowest BCUT2D eigenvalue weighted by atomic mass is 9.63. The maximum atomic E-state index is 12.3. The Hall–Kier alpha value is -1.47. The fraction of sp³-hybridized carbons (Fsp3) is 0.706. The Bertz CT molecular complexity index is 779. The number of aliphatic imine (C=N–C) groups is 1. The van der Waals surface area contributed by atoms with Crippen LogP contribution in [0.2, 0.25) is 0 Å². The highest BCUT2D eigenvalue weighted by Crippen LogP contribution is 2.46. The van der Waals surface area contributed by atoms with E-state index in [4.69, 9.17) is 12.2 Å². The van der Waals surface area contributed by atoms with Gasteiger partial charge in [0.1, 0.15) is 5.56 Å². The highest BCUT2D eigenvalue weighted by Gasteiger charge is 2.40. The van der Waals surface area contributed by atoms with Crippen molar-refractivity contribution in [2.24, 2.45) is 29.9 Å². The maximum absolute atomic E-state index is 12.3. The van der Waals surface area contributed by atoms with Crippen LogP contribution >= 0.6 is 12.2 Å². The van der Waals surface area contributed by atoms with Crippen LogP contribution in [-0.4, -0.2) is 38.2 Å². The lowest BCUT2D eigenvalue weighted by molar-refractivity contribution is -0.00472. The van der Waals surface area contributed by atoms with E-state index in [0.717, 1.165) is 12.8 Å². The molecule has 2 rings (SSSR count). The first-order valence-corrected chi connectivity index (χ1v) is 8.53. The first-order valence-electron chi connectivity index (χ1n) is 8.13. The molecular weight excluding hydrogens is 326 g/mol. The van der Waals surface area contributed by atoms with E-state index in [1.807, 2.05) is 0 Å². The third kappa shape index (κ3) is 3.78. The summed E-state index contributed by atoms with van der Waals surface area (Å²) in [7, 11) is 3.18. The van der Waals surface area contributed by atoms with Crippen LogP contribution in [0, 0.1) is 15.6 Å². The summed E-state index contributed by atoms with van der Waals surface area (Å²) >= 11 is 5.09. The number of aromatic nitrogens is 2. The fourth-order valence-electron chi connectivity index (χ4n) is 4.03. The van der Waals surface area contributed by atoms with Gasteiger partial charge in [-0.05, 0) is 42.3 Å². The molecule has 1 heterocycles. The van der Waals surface area contributed by atoms with E-state index in [1.54, 1.807) is 14.1 Å². The summed E-state index contributed by atoms with van der Waals surface area (Å²) in [6.45, 7) is 6.91. The van der Waals surface area contributed by atoms with Crippen LogP contribution in [0.15, 0.2) is 9.79 Å². The van der Waals surface area contributed by atoms with E-state index >= 15 is 0 Å². The van der Waals surface area contributed by atoms with Crippen molar-refractivity contribution in [3.8, 4) is 5.88 Å². The van der Waals surface area contributed by atoms with Crippen molar-refractivity contribution in [3.63, 3.8) is 0 Å². The van der Waals surface area contributed by atoms with Crippen molar-refractivity contribution in [2.45, 2.75) is 46.1 Å². The summed E-state index contributed by atoms with van der Waals surface area (Å²) in [5, 5.41) is 20.3. The Balaban J connectivity index is 2.27. The van der Waals surface area contributed by atoms with Crippen molar-refractivity contribution in [1.82, 2.24) is 9.13 Å².